The summed E-state index contributed by atoms with van der Waals surface area (Å²) in [7, 11) is 0. The fourth-order valence-corrected chi connectivity index (χ4v) is 1.03. The van der Waals surface area contributed by atoms with E-state index in [2.05, 4.69) is 0 Å². The molecule has 0 aromatic rings. The average molecular weight is 200 g/mol. The molecule has 0 aromatic carbocycles. The molecule has 0 N–H and O–H groups in total. The molecule has 0 amide bonds. The molecule has 0 aliphatic heterocycles. The van der Waals surface area contributed by atoms with Crippen LogP contribution in [0.25, 0.3) is 0 Å². The van der Waals surface area contributed by atoms with Crippen molar-refractivity contribution in [2.45, 2.75) is 57.8 Å². The summed E-state index contributed by atoms with van der Waals surface area (Å²) in [6.07, 6.45) is -2.36. The van der Waals surface area contributed by atoms with Gasteiger partial charge in [-0.05, 0) is 19.8 Å². The summed E-state index contributed by atoms with van der Waals surface area (Å²) in [4.78, 5) is 0. The third-order valence-corrected chi connectivity index (χ3v) is 2.09. The minimum atomic E-state index is -4.72. The second kappa shape index (κ2) is 4.82. The van der Waals surface area contributed by atoms with Gasteiger partial charge in [0.1, 0.15) is 0 Å². The molecule has 13 heavy (non-hydrogen) atoms. The molecular formula is C9H16F4. The molecule has 4 heteroatoms. The van der Waals surface area contributed by atoms with E-state index >= 15 is 0 Å². The topological polar surface area (TPSA) is 0 Å². The summed E-state index contributed by atoms with van der Waals surface area (Å²) in [6.45, 7) is 2.57. The standard InChI is InChI=1S/C9H16F4/c1-3-4-5-6-7-8(2,10)9(11,12)13/h3-7H2,1-2H3. The summed E-state index contributed by atoms with van der Waals surface area (Å²) in [5.74, 6) is 0. The van der Waals surface area contributed by atoms with Gasteiger partial charge in [-0.25, -0.2) is 4.39 Å². The van der Waals surface area contributed by atoms with Crippen LogP contribution in [0.2, 0.25) is 0 Å². The Hall–Kier alpha value is -0.280. The van der Waals surface area contributed by atoms with Crippen LogP contribution in [0.1, 0.15) is 46.0 Å². The number of halogens is 4. The second-order valence-corrected chi connectivity index (χ2v) is 3.51. The Morgan fingerprint density at radius 2 is 1.46 bits per heavy atom. The molecular weight excluding hydrogens is 184 g/mol. The van der Waals surface area contributed by atoms with E-state index in [1.54, 1.807) is 0 Å². The Labute approximate surface area is 76.3 Å². The van der Waals surface area contributed by atoms with E-state index in [0.29, 0.717) is 19.8 Å². The molecule has 0 heterocycles. The van der Waals surface area contributed by atoms with Gasteiger partial charge in [-0.1, -0.05) is 26.2 Å². The van der Waals surface area contributed by atoms with Gasteiger partial charge in [0.2, 0.25) is 5.67 Å². The van der Waals surface area contributed by atoms with E-state index in [4.69, 9.17) is 0 Å². The lowest BCUT2D eigenvalue weighted by Gasteiger charge is -2.23. The summed E-state index contributed by atoms with van der Waals surface area (Å²) >= 11 is 0. The van der Waals surface area contributed by atoms with E-state index in [9.17, 15) is 17.6 Å². The van der Waals surface area contributed by atoms with Gasteiger partial charge in [-0.2, -0.15) is 13.2 Å². The van der Waals surface area contributed by atoms with Crippen LogP contribution in [0.3, 0.4) is 0 Å². The van der Waals surface area contributed by atoms with E-state index in [-0.39, 0.29) is 0 Å². The first-order valence-corrected chi connectivity index (χ1v) is 4.57. The maximum absolute atomic E-state index is 12.9. The Bertz CT molecular complexity index is 137. The highest BCUT2D eigenvalue weighted by molar-refractivity contribution is 4.81. The zero-order valence-corrected chi connectivity index (χ0v) is 8.05. The largest absolute Gasteiger partial charge is 0.422 e. The molecule has 1 atom stereocenters. The van der Waals surface area contributed by atoms with E-state index in [1.165, 1.54) is 0 Å². The molecule has 0 spiro atoms. The first kappa shape index (κ1) is 12.7. The molecule has 0 bridgehead atoms. The zero-order chi connectivity index (χ0) is 10.5. The lowest BCUT2D eigenvalue weighted by Crippen LogP contribution is -2.37. The Balaban J connectivity index is 3.77. The van der Waals surface area contributed by atoms with Crippen molar-refractivity contribution in [3.63, 3.8) is 0 Å². The van der Waals surface area contributed by atoms with Crippen LogP contribution in [0.15, 0.2) is 0 Å². The van der Waals surface area contributed by atoms with Gasteiger partial charge in [0.15, 0.2) is 0 Å². The van der Waals surface area contributed by atoms with E-state index in [0.717, 1.165) is 12.8 Å². The number of hydrogen-bond donors (Lipinski definition) is 0. The van der Waals surface area contributed by atoms with Gasteiger partial charge in [0.05, 0.1) is 0 Å². The van der Waals surface area contributed by atoms with Crippen LogP contribution < -0.4 is 0 Å². The third-order valence-electron chi connectivity index (χ3n) is 2.09. The maximum Gasteiger partial charge on any atom is 0.422 e. The molecule has 0 radical (unpaired) electrons. The first-order valence-electron chi connectivity index (χ1n) is 4.57. The summed E-state index contributed by atoms with van der Waals surface area (Å²) in [5, 5.41) is 0. The smallest absolute Gasteiger partial charge is 0.234 e. The predicted octanol–water partition coefficient (Wildman–Crippen LogP) is 4.25. The van der Waals surface area contributed by atoms with Crippen LogP contribution in [-0.2, 0) is 0 Å². The molecule has 0 rings (SSSR count). The average Bonchev–Trinajstić information content (AvgIpc) is 1.96. The van der Waals surface area contributed by atoms with Gasteiger partial charge in [-0.3, -0.25) is 0 Å². The van der Waals surface area contributed by atoms with Gasteiger partial charge in [-0.15, -0.1) is 0 Å². The fourth-order valence-electron chi connectivity index (χ4n) is 1.03. The number of unbranched alkanes of at least 4 members (excludes halogenated alkanes) is 3. The minimum absolute atomic E-state index is 0.306. The third kappa shape index (κ3) is 4.48. The Morgan fingerprint density at radius 1 is 0.923 bits per heavy atom. The van der Waals surface area contributed by atoms with Gasteiger partial charge in [0, 0.05) is 0 Å². The summed E-state index contributed by atoms with van der Waals surface area (Å²) in [6, 6.07) is 0. The molecule has 0 nitrogen and oxygen atoms in total. The minimum Gasteiger partial charge on any atom is -0.234 e. The van der Waals surface area contributed by atoms with Crippen LogP contribution >= 0.6 is 0 Å². The quantitative estimate of drug-likeness (QED) is 0.459. The first-order chi connectivity index (χ1) is 5.81. The molecule has 0 fully saturated rings. The number of alkyl halides is 4. The Morgan fingerprint density at radius 3 is 1.85 bits per heavy atom. The Kier molecular flexibility index (Phi) is 4.71. The highest BCUT2D eigenvalue weighted by atomic mass is 19.4. The number of hydrogen-bond acceptors (Lipinski definition) is 0. The van der Waals surface area contributed by atoms with E-state index < -0.39 is 18.3 Å². The lowest BCUT2D eigenvalue weighted by atomic mass is 9.99. The van der Waals surface area contributed by atoms with Crippen molar-refractivity contribution in [3.8, 4) is 0 Å². The van der Waals surface area contributed by atoms with Crippen molar-refractivity contribution in [2.24, 2.45) is 0 Å². The second-order valence-electron chi connectivity index (χ2n) is 3.51. The summed E-state index contributed by atoms with van der Waals surface area (Å²) < 4.78 is 48.8. The normalized spacial score (nSPS) is 17.1. The predicted molar refractivity (Wildman–Crippen MR) is 44.3 cm³/mol. The van der Waals surface area contributed by atoms with E-state index in [1.807, 2.05) is 6.92 Å². The van der Waals surface area contributed by atoms with Crippen LogP contribution in [-0.4, -0.2) is 11.8 Å². The molecule has 0 aliphatic carbocycles. The molecule has 0 aromatic heterocycles. The van der Waals surface area contributed by atoms with Crippen LogP contribution in [0.4, 0.5) is 17.6 Å². The molecule has 0 saturated carbocycles. The van der Waals surface area contributed by atoms with Crippen molar-refractivity contribution >= 4 is 0 Å². The lowest BCUT2D eigenvalue weighted by molar-refractivity contribution is -0.226. The van der Waals surface area contributed by atoms with Gasteiger partial charge >= 0.3 is 6.18 Å². The van der Waals surface area contributed by atoms with Crippen molar-refractivity contribution in [1.29, 1.82) is 0 Å². The highest BCUT2D eigenvalue weighted by Gasteiger charge is 2.51. The van der Waals surface area contributed by atoms with Gasteiger partial charge in [0.25, 0.3) is 0 Å². The molecule has 0 aliphatic rings. The summed E-state index contributed by atoms with van der Waals surface area (Å²) in [5.41, 5.74) is -3.01. The molecule has 0 saturated heterocycles. The molecule has 1 unspecified atom stereocenters. The fraction of sp³-hybridized carbons (Fsp3) is 1.00. The van der Waals surface area contributed by atoms with Gasteiger partial charge < -0.3 is 0 Å². The van der Waals surface area contributed by atoms with Crippen LogP contribution in [0.5, 0.6) is 0 Å². The van der Waals surface area contributed by atoms with Crippen molar-refractivity contribution < 1.29 is 17.6 Å². The maximum atomic E-state index is 12.9. The monoisotopic (exact) mass is 200 g/mol. The molecule has 80 valence electrons. The van der Waals surface area contributed by atoms with Crippen molar-refractivity contribution in [2.75, 3.05) is 0 Å². The van der Waals surface area contributed by atoms with Crippen LogP contribution in [0, 0.1) is 0 Å². The SMILES string of the molecule is CCCCCCC(C)(F)C(F)(F)F. The zero-order valence-electron chi connectivity index (χ0n) is 8.05. The van der Waals surface area contributed by atoms with Crippen molar-refractivity contribution in [1.82, 2.24) is 0 Å². The highest BCUT2D eigenvalue weighted by Crippen LogP contribution is 2.37. The van der Waals surface area contributed by atoms with Crippen molar-refractivity contribution in [3.05, 3.63) is 0 Å². The number of rotatable bonds is 5.